The fourth-order valence-electron chi connectivity index (χ4n) is 4.02. The van der Waals surface area contributed by atoms with E-state index in [0.717, 1.165) is 30.7 Å². The fraction of sp³-hybridized carbons (Fsp3) is 0.400. The number of carbonyl (C=O) groups is 3. The van der Waals surface area contributed by atoms with Crippen molar-refractivity contribution in [3.05, 3.63) is 65.7 Å². The molecule has 0 N–H and O–H groups in total. The maximum atomic E-state index is 12.8. The molecule has 0 aromatic heterocycles. The van der Waals surface area contributed by atoms with E-state index in [2.05, 4.69) is 19.1 Å². The van der Waals surface area contributed by atoms with Crippen LogP contribution in [-0.4, -0.2) is 54.6 Å². The van der Waals surface area contributed by atoms with Gasteiger partial charge in [-0.25, -0.2) is 0 Å². The third-order valence-corrected chi connectivity index (χ3v) is 6.01. The van der Waals surface area contributed by atoms with Crippen LogP contribution in [0.4, 0.5) is 0 Å². The standard InChI is InChI=1S/C19H21NO2.C6H9NO2/c1-14(15-6-4-3-5-7-15)20-13-12-18(19(20)21)16-8-10-17(22-2)11-9-16;8-5-7-3-1-6(9)2-4-7/h3-11,14,18H,12-13H2,1-2H3;5H,1-4H2. The maximum Gasteiger partial charge on any atom is 0.230 e. The molecule has 2 unspecified atom stereocenters. The molecule has 4 rings (SSSR count). The summed E-state index contributed by atoms with van der Waals surface area (Å²) in [6.45, 7) is 4.14. The molecule has 31 heavy (non-hydrogen) atoms. The molecule has 2 amide bonds. The van der Waals surface area contributed by atoms with Gasteiger partial charge in [0, 0.05) is 32.5 Å². The van der Waals surface area contributed by atoms with Gasteiger partial charge in [0.1, 0.15) is 11.5 Å². The molecule has 164 valence electrons. The predicted molar refractivity (Wildman–Crippen MR) is 119 cm³/mol. The average molecular weight is 423 g/mol. The van der Waals surface area contributed by atoms with Crippen LogP contribution in [0.15, 0.2) is 54.6 Å². The van der Waals surface area contributed by atoms with Crippen molar-refractivity contribution in [1.82, 2.24) is 9.80 Å². The zero-order chi connectivity index (χ0) is 22.2. The van der Waals surface area contributed by atoms with Crippen LogP contribution in [-0.2, 0) is 14.4 Å². The number of piperidine rings is 1. The number of rotatable bonds is 5. The van der Waals surface area contributed by atoms with Gasteiger partial charge in [-0.05, 0) is 36.6 Å². The normalized spacial score (nSPS) is 19.5. The molecule has 0 saturated carbocycles. The van der Waals surface area contributed by atoms with Gasteiger partial charge >= 0.3 is 0 Å². The van der Waals surface area contributed by atoms with Crippen molar-refractivity contribution in [2.75, 3.05) is 26.7 Å². The van der Waals surface area contributed by atoms with Crippen molar-refractivity contribution in [2.24, 2.45) is 0 Å². The average Bonchev–Trinajstić information content (AvgIpc) is 3.21. The Morgan fingerprint density at radius 3 is 2.19 bits per heavy atom. The maximum absolute atomic E-state index is 12.8. The Morgan fingerprint density at radius 2 is 1.61 bits per heavy atom. The lowest BCUT2D eigenvalue weighted by Gasteiger charge is -2.25. The van der Waals surface area contributed by atoms with E-state index in [1.807, 2.05) is 47.4 Å². The lowest BCUT2D eigenvalue weighted by atomic mass is 9.97. The number of hydrogen-bond donors (Lipinski definition) is 0. The van der Waals surface area contributed by atoms with Crippen molar-refractivity contribution in [2.45, 2.75) is 38.1 Å². The second kappa shape index (κ2) is 10.8. The van der Waals surface area contributed by atoms with Gasteiger partial charge in [-0.2, -0.15) is 0 Å². The molecule has 2 heterocycles. The highest BCUT2D eigenvalue weighted by molar-refractivity contribution is 5.86. The van der Waals surface area contributed by atoms with Crippen LogP contribution >= 0.6 is 0 Å². The van der Waals surface area contributed by atoms with Crippen LogP contribution in [0.25, 0.3) is 0 Å². The van der Waals surface area contributed by atoms with E-state index in [9.17, 15) is 14.4 Å². The highest BCUT2D eigenvalue weighted by Gasteiger charge is 2.35. The van der Waals surface area contributed by atoms with Crippen molar-refractivity contribution in [3.63, 3.8) is 0 Å². The molecular weight excluding hydrogens is 392 g/mol. The van der Waals surface area contributed by atoms with E-state index in [1.165, 1.54) is 5.56 Å². The Hall–Kier alpha value is -3.15. The summed E-state index contributed by atoms with van der Waals surface area (Å²) < 4.78 is 5.18. The van der Waals surface area contributed by atoms with E-state index in [0.29, 0.717) is 25.9 Å². The summed E-state index contributed by atoms with van der Waals surface area (Å²) in [4.78, 5) is 37.0. The molecule has 2 aromatic rings. The Balaban J connectivity index is 0.000000254. The van der Waals surface area contributed by atoms with Crippen LogP contribution in [0.2, 0.25) is 0 Å². The molecule has 6 heteroatoms. The molecule has 0 aliphatic carbocycles. The smallest absolute Gasteiger partial charge is 0.230 e. The Morgan fingerprint density at radius 1 is 0.968 bits per heavy atom. The fourth-order valence-corrected chi connectivity index (χ4v) is 4.02. The SMILES string of the molecule is COc1ccc(C2CCN(C(C)c3ccccc3)C2=O)cc1.O=CN1CCC(=O)CC1. The number of nitrogens with zero attached hydrogens (tertiary/aromatic N) is 2. The summed E-state index contributed by atoms with van der Waals surface area (Å²) in [7, 11) is 1.65. The molecule has 2 aliphatic heterocycles. The van der Waals surface area contributed by atoms with Gasteiger partial charge in [0.15, 0.2) is 0 Å². The number of benzene rings is 2. The van der Waals surface area contributed by atoms with Gasteiger partial charge in [-0.3, -0.25) is 14.4 Å². The molecule has 2 fully saturated rings. The monoisotopic (exact) mass is 422 g/mol. The second-order valence-corrected chi connectivity index (χ2v) is 7.91. The minimum absolute atomic E-state index is 0.0305. The number of amides is 2. The van der Waals surface area contributed by atoms with Gasteiger partial charge in [-0.15, -0.1) is 0 Å². The van der Waals surface area contributed by atoms with Crippen LogP contribution in [0.5, 0.6) is 5.75 Å². The summed E-state index contributed by atoms with van der Waals surface area (Å²) in [6.07, 6.45) is 2.76. The van der Waals surface area contributed by atoms with Gasteiger partial charge in [0.25, 0.3) is 0 Å². The van der Waals surface area contributed by atoms with Crippen molar-refractivity contribution in [1.29, 1.82) is 0 Å². The number of carbonyl (C=O) groups excluding carboxylic acids is 3. The summed E-state index contributed by atoms with van der Waals surface area (Å²) in [5, 5.41) is 0. The Kier molecular flexibility index (Phi) is 7.82. The quantitative estimate of drug-likeness (QED) is 0.691. The molecule has 2 aliphatic rings. The molecule has 2 aromatic carbocycles. The van der Waals surface area contributed by atoms with Crippen molar-refractivity contribution >= 4 is 18.1 Å². The van der Waals surface area contributed by atoms with E-state index in [-0.39, 0.29) is 23.7 Å². The first kappa shape index (κ1) is 22.5. The first-order valence-corrected chi connectivity index (χ1v) is 10.7. The molecule has 6 nitrogen and oxygen atoms in total. The number of likely N-dealkylation sites (tertiary alicyclic amines) is 2. The first-order valence-electron chi connectivity index (χ1n) is 10.7. The topological polar surface area (TPSA) is 66.9 Å². The minimum Gasteiger partial charge on any atom is -0.497 e. The lowest BCUT2D eigenvalue weighted by molar-refractivity contribution is -0.131. The predicted octanol–water partition coefficient (Wildman–Crippen LogP) is 3.58. The van der Waals surface area contributed by atoms with Gasteiger partial charge in [0.05, 0.1) is 19.1 Å². The molecular formula is C25H30N2O4. The van der Waals surface area contributed by atoms with Gasteiger partial charge in [0.2, 0.25) is 12.3 Å². The molecule has 2 saturated heterocycles. The summed E-state index contributed by atoms with van der Waals surface area (Å²) in [6, 6.07) is 18.2. The third kappa shape index (κ3) is 5.72. The number of methoxy groups -OCH3 is 1. The zero-order valence-corrected chi connectivity index (χ0v) is 18.2. The van der Waals surface area contributed by atoms with E-state index in [4.69, 9.17) is 4.74 Å². The summed E-state index contributed by atoms with van der Waals surface area (Å²) >= 11 is 0. The Bertz CT molecular complexity index is 872. The lowest BCUT2D eigenvalue weighted by Crippen LogP contribution is -2.32. The zero-order valence-electron chi connectivity index (χ0n) is 18.2. The molecule has 0 radical (unpaired) electrons. The van der Waals surface area contributed by atoms with Crippen LogP contribution in [0, 0.1) is 0 Å². The van der Waals surface area contributed by atoms with E-state index >= 15 is 0 Å². The van der Waals surface area contributed by atoms with E-state index in [1.54, 1.807) is 12.0 Å². The van der Waals surface area contributed by atoms with Crippen LogP contribution in [0.1, 0.15) is 49.3 Å². The number of ketones is 1. The second-order valence-electron chi connectivity index (χ2n) is 7.91. The summed E-state index contributed by atoms with van der Waals surface area (Å²) in [5.41, 5.74) is 2.26. The number of ether oxygens (including phenoxy) is 1. The highest BCUT2D eigenvalue weighted by atomic mass is 16.5. The Labute approximate surface area is 183 Å². The van der Waals surface area contributed by atoms with Crippen LogP contribution < -0.4 is 4.74 Å². The van der Waals surface area contributed by atoms with Crippen LogP contribution in [0.3, 0.4) is 0 Å². The summed E-state index contributed by atoms with van der Waals surface area (Å²) in [5.74, 6) is 1.29. The van der Waals surface area contributed by atoms with Crippen molar-refractivity contribution in [3.8, 4) is 5.75 Å². The number of hydrogen-bond acceptors (Lipinski definition) is 4. The third-order valence-electron chi connectivity index (χ3n) is 6.01. The first-order chi connectivity index (χ1) is 15.0. The van der Waals surface area contributed by atoms with E-state index < -0.39 is 0 Å². The minimum atomic E-state index is -0.0305. The van der Waals surface area contributed by atoms with Gasteiger partial charge < -0.3 is 14.5 Å². The van der Waals surface area contributed by atoms with Crippen molar-refractivity contribution < 1.29 is 19.1 Å². The molecule has 2 atom stereocenters. The highest BCUT2D eigenvalue weighted by Crippen LogP contribution is 2.34. The molecule has 0 spiro atoms. The number of Topliss-reactive ketones (excluding diaryl/α,β-unsaturated/α-hetero) is 1. The largest absolute Gasteiger partial charge is 0.497 e. The molecule has 0 bridgehead atoms. The van der Waals surface area contributed by atoms with Gasteiger partial charge in [-0.1, -0.05) is 42.5 Å².